The van der Waals surface area contributed by atoms with Gasteiger partial charge in [-0.3, -0.25) is 14.3 Å². The van der Waals surface area contributed by atoms with Gasteiger partial charge in [-0.1, -0.05) is 46.8 Å². The monoisotopic (exact) mass is 409 g/mol. The van der Waals surface area contributed by atoms with Gasteiger partial charge in [0, 0.05) is 18.9 Å². The predicted octanol–water partition coefficient (Wildman–Crippen LogP) is 4.45. The van der Waals surface area contributed by atoms with E-state index in [-0.39, 0.29) is 22.4 Å². The summed E-state index contributed by atoms with van der Waals surface area (Å²) in [5, 5.41) is 8.25. The van der Waals surface area contributed by atoms with Gasteiger partial charge in [0.2, 0.25) is 0 Å². The molecule has 30 heavy (non-hydrogen) atoms. The van der Waals surface area contributed by atoms with Crippen molar-refractivity contribution in [2.24, 2.45) is 17.9 Å². The first-order chi connectivity index (χ1) is 13.9. The molecule has 1 spiro atoms. The van der Waals surface area contributed by atoms with E-state index in [1.54, 1.807) is 11.8 Å². The smallest absolute Gasteiger partial charge is 0.184 e. The summed E-state index contributed by atoms with van der Waals surface area (Å²) in [4.78, 5) is 27.7. The van der Waals surface area contributed by atoms with Crippen LogP contribution in [0.4, 0.5) is 5.82 Å². The van der Waals surface area contributed by atoms with Gasteiger partial charge >= 0.3 is 0 Å². The predicted molar refractivity (Wildman–Crippen MR) is 116 cm³/mol. The Balaban J connectivity index is 1.95. The van der Waals surface area contributed by atoms with Crippen LogP contribution < -0.4 is 10.1 Å². The number of anilines is 1. The number of hydrogen-bond acceptors (Lipinski definition) is 5. The van der Waals surface area contributed by atoms with Crippen LogP contribution in [0, 0.1) is 10.8 Å². The van der Waals surface area contributed by atoms with E-state index in [1.807, 2.05) is 52.1 Å². The van der Waals surface area contributed by atoms with Crippen LogP contribution in [0.5, 0.6) is 5.75 Å². The number of Topliss-reactive ketones (excluding diaryl/α,β-unsaturated/α-hetero) is 2. The quantitative estimate of drug-likeness (QED) is 0.742. The fourth-order valence-electron chi connectivity index (χ4n) is 5.19. The molecule has 160 valence electrons. The van der Waals surface area contributed by atoms with Crippen molar-refractivity contribution < 1.29 is 14.3 Å². The molecule has 1 fully saturated rings. The molecule has 2 heterocycles. The third-order valence-electron chi connectivity index (χ3n) is 6.51. The van der Waals surface area contributed by atoms with Gasteiger partial charge < -0.3 is 10.1 Å². The molecule has 0 unspecified atom stereocenters. The highest BCUT2D eigenvalue weighted by atomic mass is 16.5. The van der Waals surface area contributed by atoms with Crippen LogP contribution in [-0.2, 0) is 17.3 Å². The maximum absolute atomic E-state index is 14.2. The Kier molecular flexibility index (Phi) is 4.42. The number of ketones is 2. The number of rotatable bonds is 2. The van der Waals surface area contributed by atoms with Gasteiger partial charge in [-0.2, -0.15) is 5.10 Å². The molecule has 1 N–H and O–H groups in total. The maximum atomic E-state index is 14.2. The van der Waals surface area contributed by atoms with Gasteiger partial charge in [0.1, 0.15) is 22.8 Å². The molecular formula is C24H31N3O3. The summed E-state index contributed by atoms with van der Waals surface area (Å²) >= 11 is 0. The molecule has 0 bridgehead atoms. The standard InChI is InChI=1S/C24H31N3O3/c1-22(2,3)19-17-20(29)24(13-23(4,5)12-16(24)28)18(25-21(17)27(6)26-19)14-8-10-15(30-7)11-9-14/h8-11,18,25H,12-13H2,1-7H3/t18-,24+/m1/s1. The summed E-state index contributed by atoms with van der Waals surface area (Å²) in [6.45, 7) is 10.3. The zero-order chi connectivity index (χ0) is 22.1. The number of carbonyl (C=O) groups is 2. The van der Waals surface area contributed by atoms with E-state index in [9.17, 15) is 9.59 Å². The highest BCUT2D eigenvalue weighted by Crippen LogP contribution is 2.58. The summed E-state index contributed by atoms with van der Waals surface area (Å²) in [6, 6.07) is 7.19. The lowest BCUT2D eigenvalue weighted by Crippen LogP contribution is -2.48. The van der Waals surface area contributed by atoms with Crippen molar-refractivity contribution in [3.05, 3.63) is 41.1 Å². The van der Waals surface area contributed by atoms with Crippen LogP contribution in [0.25, 0.3) is 0 Å². The van der Waals surface area contributed by atoms with Gasteiger partial charge in [0.15, 0.2) is 5.78 Å². The minimum atomic E-state index is -1.13. The van der Waals surface area contributed by atoms with Gasteiger partial charge in [0.25, 0.3) is 0 Å². The second-order valence-electron chi connectivity index (χ2n) is 10.5. The average molecular weight is 410 g/mol. The van der Waals surface area contributed by atoms with Crippen LogP contribution in [-0.4, -0.2) is 28.5 Å². The van der Waals surface area contributed by atoms with Gasteiger partial charge in [-0.25, -0.2) is 0 Å². The minimum Gasteiger partial charge on any atom is -0.497 e. The van der Waals surface area contributed by atoms with Gasteiger partial charge in [-0.15, -0.1) is 0 Å². The second kappa shape index (κ2) is 6.43. The Morgan fingerprint density at radius 2 is 1.80 bits per heavy atom. The fourth-order valence-corrected chi connectivity index (χ4v) is 5.19. The third kappa shape index (κ3) is 2.88. The Morgan fingerprint density at radius 3 is 2.30 bits per heavy atom. The Bertz CT molecular complexity index is 1030. The lowest BCUT2D eigenvalue weighted by molar-refractivity contribution is -0.124. The fraction of sp³-hybridized carbons (Fsp3) is 0.542. The molecule has 6 nitrogen and oxygen atoms in total. The van der Waals surface area contributed by atoms with E-state index in [1.165, 1.54) is 0 Å². The van der Waals surface area contributed by atoms with E-state index in [0.717, 1.165) is 17.0 Å². The summed E-state index contributed by atoms with van der Waals surface area (Å²) in [7, 11) is 3.47. The summed E-state index contributed by atoms with van der Waals surface area (Å²) in [6.07, 6.45) is 0.910. The molecule has 1 aliphatic heterocycles. The molecule has 2 aliphatic rings. The molecular weight excluding hydrogens is 378 g/mol. The highest BCUT2D eigenvalue weighted by Gasteiger charge is 2.63. The molecule has 1 aromatic carbocycles. The number of nitrogens with zero attached hydrogens (tertiary/aromatic N) is 2. The van der Waals surface area contributed by atoms with Gasteiger partial charge in [0.05, 0.1) is 24.4 Å². The largest absolute Gasteiger partial charge is 0.497 e. The SMILES string of the molecule is COc1ccc([C@H]2Nc3c(c(C(C)(C)C)nn3C)C(=O)[C@]23CC(C)(C)CC3=O)cc1. The topological polar surface area (TPSA) is 73.2 Å². The maximum Gasteiger partial charge on any atom is 0.184 e. The Morgan fingerprint density at radius 1 is 1.17 bits per heavy atom. The van der Waals surface area contributed by atoms with E-state index < -0.39 is 11.5 Å². The summed E-state index contributed by atoms with van der Waals surface area (Å²) in [5.41, 5.74) is 0.533. The Hall–Kier alpha value is -2.63. The number of carbonyl (C=O) groups excluding carboxylic acids is 2. The van der Waals surface area contributed by atoms with E-state index >= 15 is 0 Å². The normalized spacial score (nSPS) is 25.4. The van der Waals surface area contributed by atoms with Crippen LogP contribution in [0.15, 0.2) is 24.3 Å². The van der Waals surface area contributed by atoms with Crippen LogP contribution >= 0.6 is 0 Å². The van der Waals surface area contributed by atoms with Crippen molar-refractivity contribution >= 4 is 17.4 Å². The zero-order valence-corrected chi connectivity index (χ0v) is 18.9. The number of nitrogens with one attached hydrogen (secondary N) is 1. The van der Waals surface area contributed by atoms with E-state index in [0.29, 0.717) is 24.2 Å². The van der Waals surface area contributed by atoms with Crippen molar-refractivity contribution in [2.75, 3.05) is 12.4 Å². The first-order valence-corrected chi connectivity index (χ1v) is 10.5. The zero-order valence-electron chi connectivity index (χ0n) is 18.9. The number of ether oxygens (including phenoxy) is 1. The van der Waals surface area contributed by atoms with Crippen molar-refractivity contribution in [3.8, 4) is 5.75 Å². The van der Waals surface area contributed by atoms with Gasteiger partial charge in [-0.05, 0) is 29.5 Å². The van der Waals surface area contributed by atoms with Crippen molar-refractivity contribution in [1.29, 1.82) is 0 Å². The molecule has 2 atom stereocenters. The number of hydrogen-bond donors (Lipinski definition) is 1. The number of fused-ring (bicyclic) bond motifs is 1. The first-order valence-electron chi connectivity index (χ1n) is 10.5. The molecule has 2 aromatic rings. The third-order valence-corrected chi connectivity index (χ3v) is 6.51. The molecule has 0 saturated heterocycles. The van der Waals surface area contributed by atoms with Crippen molar-refractivity contribution in [2.45, 2.75) is 58.9 Å². The number of aryl methyl sites for hydroxylation is 1. The summed E-state index contributed by atoms with van der Waals surface area (Å²) in [5.74, 6) is 1.35. The van der Waals surface area contributed by atoms with E-state index in [4.69, 9.17) is 4.74 Å². The molecule has 1 saturated carbocycles. The number of benzene rings is 1. The van der Waals surface area contributed by atoms with Crippen LogP contribution in [0.2, 0.25) is 0 Å². The van der Waals surface area contributed by atoms with Crippen molar-refractivity contribution in [1.82, 2.24) is 9.78 Å². The molecule has 4 rings (SSSR count). The van der Waals surface area contributed by atoms with E-state index in [2.05, 4.69) is 24.3 Å². The average Bonchev–Trinajstić information content (AvgIpc) is 3.12. The molecule has 1 aliphatic carbocycles. The van der Waals surface area contributed by atoms with Crippen molar-refractivity contribution in [3.63, 3.8) is 0 Å². The minimum absolute atomic E-state index is 0.0141. The number of aromatic nitrogens is 2. The molecule has 0 amide bonds. The summed E-state index contributed by atoms with van der Waals surface area (Å²) < 4.78 is 7.03. The first kappa shape index (κ1) is 20.6. The Labute approximate surface area is 178 Å². The lowest BCUT2D eigenvalue weighted by Gasteiger charge is -2.41. The number of methoxy groups -OCH3 is 1. The molecule has 6 heteroatoms. The lowest BCUT2D eigenvalue weighted by atomic mass is 9.65. The highest BCUT2D eigenvalue weighted by molar-refractivity contribution is 6.20. The van der Waals surface area contributed by atoms with Crippen LogP contribution in [0.3, 0.4) is 0 Å². The van der Waals surface area contributed by atoms with Crippen LogP contribution in [0.1, 0.15) is 75.1 Å². The molecule has 0 radical (unpaired) electrons. The second-order valence-corrected chi connectivity index (χ2v) is 10.5. The molecule has 1 aromatic heterocycles.